The van der Waals surface area contributed by atoms with E-state index in [0.717, 1.165) is 12.1 Å². The van der Waals surface area contributed by atoms with Gasteiger partial charge in [-0.05, 0) is 12.1 Å². The summed E-state index contributed by atoms with van der Waals surface area (Å²) in [7, 11) is 0. The minimum Gasteiger partial charge on any atom is -0.380 e. The molecule has 0 unspecified atom stereocenters. The van der Waals surface area contributed by atoms with Gasteiger partial charge >= 0.3 is 6.18 Å². The van der Waals surface area contributed by atoms with Crippen molar-refractivity contribution in [3.8, 4) is 0 Å². The Balaban J connectivity index is 2.30. The van der Waals surface area contributed by atoms with Crippen molar-refractivity contribution in [1.82, 2.24) is 15.4 Å². The predicted molar refractivity (Wildman–Crippen MR) is 60.2 cm³/mol. The van der Waals surface area contributed by atoms with Crippen molar-refractivity contribution in [2.45, 2.75) is 6.18 Å². The Kier molecular flexibility index (Phi) is 3.11. The number of rotatable bonds is 2. The van der Waals surface area contributed by atoms with Gasteiger partial charge in [0.25, 0.3) is 5.91 Å². The Morgan fingerprint density at radius 3 is 2.53 bits per heavy atom. The maximum absolute atomic E-state index is 12.7. The molecule has 0 aliphatic rings. The fourth-order valence-electron chi connectivity index (χ4n) is 1.43. The number of alkyl halides is 3. The smallest absolute Gasteiger partial charge is 0.380 e. The van der Waals surface area contributed by atoms with Crippen LogP contribution in [0.1, 0.15) is 16.1 Å². The fourth-order valence-corrected chi connectivity index (χ4v) is 1.43. The molecule has 0 spiro atoms. The van der Waals surface area contributed by atoms with E-state index in [-0.39, 0.29) is 17.2 Å². The Morgan fingerprint density at radius 2 is 1.95 bits per heavy atom. The summed E-state index contributed by atoms with van der Waals surface area (Å²) in [5, 5.41) is 11.1. The number of H-pyrrole nitrogens is 1. The van der Waals surface area contributed by atoms with Crippen molar-refractivity contribution in [3.63, 3.8) is 0 Å². The number of halogens is 3. The molecule has 2 rings (SSSR count). The summed E-state index contributed by atoms with van der Waals surface area (Å²) in [4.78, 5) is 11.7. The first kappa shape index (κ1) is 12.9. The number of nitrogens with two attached hydrogens (primary N) is 1. The Bertz CT molecular complexity index is 607. The Morgan fingerprint density at radius 1 is 1.26 bits per heavy atom. The van der Waals surface area contributed by atoms with E-state index in [1.807, 2.05) is 0 Å². The molecule has 0 aliphatic heterocycles. The van der Waals surface area contributed by atoms with Crippen molar-refractivity contribution in [2.24, 2.45) is 0 Å². The largest absolute Gasteiger partial charge is 0.418 e. The van der Waals surface area contributed by atoms with Crippen LogP contribution in [0.5, 0.6) is 0 Å². The molecule has 1 aromatic heterocycles. The van der Waals surface area contributed by atoms with Crippen LogP contribution in [0.4, 0.5) is 24.7 Å². The zero-order valence-corrected chi connectivity index (χ0v) is 9.32. The van der Waals surface area contributed by atoms with Gasteiger partial charge < -0.3 is 11.1 Å². The zero-order valence-electron chi connectivity index (χ0n) is 9.32. The minimum absolute atomic E-state index is 0.193. The molecule has 2 aromatic rings. The van der Waals surface area contributed by atoms with Crippen LogP contribution in [0.25, 0.3) is 0 Å². The third kappa shape index (κ3) is 2.64. The van der Waals surface area contributed by atoms with Gasteiger partial charge in [-0.15, -0.1) is 10.2 Å². The lowest BCUT2D eigenvalue weighted by molar-refractivity contribution is -0.136. The summed E-state index contributed by atoms with van der Waals surface area (Å²) in [6, 6.07) is 4.60. The van der Waals surface area contributed by atoms with Gasteiger partial charge in [0.2, 0.25) is 0 Å². The number of nitrogens with one attached hydrogen (secondary N) is 2. The van der Waals surface area contributed by atoms with E-state index in [1.165, 1.54) is 12.1 Å². The lowest BCUT2D eigenvalue weighted by atomic mass is 10.1. The Labute approximate surface area is 104 Å². The highest BCUT2D eigenvalue weighted by Gasteiger charge is 2.33. The van der Waals surface area contributed by atoms with Gasteiger partial charge in [0.05, 0.1) is 11.3 Å². The predicted octanol–water partition coefficient (Wildman–Crippen LogP) is 1.66. The summed E-state index contributed by atoms with van der Waals surface area (Å²) in [6.45, 7) is 0. The first-order valence-electron chi connectivity index (χ1n) is 5.03. The van der Waals surface area contributed by atoms with Crippen LogP contribution in [0.2, 0.25) is 0 Å². The highest BCUT2D eigenvalue weighted by atomic mass is 19.4. The number of nitrogen functional groups attached to an aromatic ring is 1. The molecule has 0 saturated carbocycles. The summed E-state index contributed by atoms with van der Waals surface area (Å²) < 4.78 is 38.1. The topological polar surface area (TPSA) is 96.7 Å². The maximum atomic E-state index is 12.7. The van der Waals surface area contributed by atoms with E-state index in [4.69, 9.17) is 5.73 Å². The summed E-state index contributed by atoms with van der Waals surface area (Å²) in [6.07, 6.45) is -4.57. The van der Waals surface area contributed by atoms with Crippen molar-refractivity contribution in [3.05, 3.63) is 35.5 Å². The number of carbonyl (C=O) groups excluding carboxylic acids is 1. The first-order chi connectivity index (χ1) is 8.89. The molecular formula is C10H8F3N5O. The van der Waals surface area contributed by atoms with E-state index in [1.54, 1.807) is 0 Å². The standard InChI is InChI=1S/C10H8F3N5O/c11-10(12,13)5-3-1-2-4-6(5)15-9(19)7-8(14)17-18-16-7/h1-4H,(H,15,19)(H3,14,16,17,18). The van der Waals surface area contributed by atoms with Crippen molar-refractivity contribution >= 4 is 17.4 Å². The van der Waals surface area contributed by atoms with Gasteiger partial charge in [0.1, 0.15) is 0 Å². The normalized spacial score (nSPS) is 11.3. The number of aromatic amines is 1. The van der Waals surface area contributed by atoms with Crippen LogP contribution in [-0.2, 0) is 6.18 Å². The maximum Gasteiger partial charge on any atom is 0.418 e. The highest BCUT2D eigenvalue weighted by Crippen LogP contribution is 2.34. The second kappa shape index (κ2) is 4.59. The second-order valence-electron chi connectivity index (χ2n) is 3.55. The molecule has 19 heavy (non-hydrogen) atoms. The van der Waals surface area contributed by atoms with Crippen LogP contribution in [-0.4, -0.2) is 21.3 Å². The third-order valence-corrected chi connectivity index (χ3v) is 2.27. The summed E-state index contributed by atoms with van der Waals surface area (Å²) in [5.74, 6) is -1.06. The molecular weight excluding hydrogens is 263 g/mol. The van der Waals surface area contributed by atoms with E-state index >= 15 is 0 Å². The number of benzene rings is 1. The van der Waals surface area contributed by atoms with Crippen molar-refractivity contribution in [2.75, 3.05) is 11.1 Å². The molecule has 0 saturated heterocycles. The fraction of sp³-hybridized carbons (Fsp3) is 0.100. The number of nitrogens with zero attached hydrogens (tertiary/aromatic N) is 2. The number of hydrogen-bond acceptors (Lipinski definition) is 4. The minimum atomic E-state index is -4.57. The van der Waals surface area contributed by atoms with Gasteiger partial charge in [0.15, 0.2) is 11.5 Å². The molecule has 1 heterocycles. The third-order valence-electron chi connectivity index (χ3n) is 2.27. The number of para-hydroxylation sites is 1. The first-order valence-corrected chi connectivity index (χ1v) is 5.03. The number of carbonyl (C=O) groups is 1. The zero-order chi connectivity index (χ0) is 14.0. The summed E-state index contributed by atoms with van der Waals surface area (Å²) in [5.41, 5.74) is 3.74. The van der Waals surface area contributed by atoms with Gasteiger partial charge in [-0.25, -0.2) is 0 Å². The molecule has 9 heteroatoms. The van der Waals surface area contributed by atoms with E-state index in [2.05, 4.69) is 20.7 Å². The number of aromatic nitrogens is 3. The number of anilines is 2. The van der Waals surface area contributed by atoms with Crippen LogP contribution in [0, 0.1) is 0 Å². The molecule has 0 bridgehead atoms. The number of hydrogen-bond donors (Lipinski definition) is 3. The van der Waals surface area contributed by atoms with Gasteiger partial charge in [-0.3, -0.25) is 4.79 Å². The molecule has 0 atom stereocenters. The SMILES string of the molecule is Nc1n[nH]nc1C(=O)Nc1ccccc1C(F)(F)F. The molecule has 4 N–H and O–H groups in total. The molecule has 100 valence electrons. The summed E-state index contributed by atoms with van der Waals surface area (Å²) >= 11 is 0. The lowest BCUT2D eigenvalue weighted by Crippen LogP contribution is -2.18. The van der Waals surface area contributed by atoms with E-state index < -0.39 is 17.6 Å². The average molecular weight is 271 g/mol. The Hall–Kier alpha value is -2.58. The van der Waals surface area contributed by atoms with Crippen LogP contribution >= 0.6 is 0 Å². The molecule has 1 aromatic carbocycles. The lowest BCUT2D eigenvalue weighted by Gasteiger charge is -2.12. The number of amides is 1. The van der Waals surface area contributed by atoms with Crippen molar-refractivity contribution in [1.29, 1.82) is 0 Å². The highest BCUT2D eigenvalue weighted by molar-refractivity contribution is 6.05. The van der Waals surface area contributed by atoms with Crippen LogP contribution in [0.15, 0.2) is 24.3 Å². The second-order valence-corrected chi connectivity index (χ2v) is 3.55. The quantitative estimate of drug-likeness (QED) is 0.773. The van der Waals surface area contributed by atoms with Gasteiger partial charge in [0, 0.05) is 0 Å². The van der Waals surface area contributed by atoms with Crippen LogP contribution < -0.4 is 11.1 Å². The van der Waals surface area contributed by atoms with E-state index in [0.29, 0.717) is 0 Å². The van der Waals surface area contributed by atoms with Crippen LogP contribution in [0.3, 0.4) is 0 Å². The molecule has 6 nitrogen and oxygen atoms in total. The monoisotopic (exact) mass is 271 g/mol. The molecule has 1 amide bonds. The van der Waals surface area contributed by atoms with Gasteiger partial charge in [-0.2, -0.15) is 18.4 Å². The molecule has 0 aliphatic carbocycles. The molecule has 0 radical (unpaired) electrons. The van der Waals surface area contributed by atoms with Gasteiger partial charge in [-0.1, -0.05) is 12.1 Å². The molecule has 0 fully saturated rings. The van der Waals surface area contributed by atoms with Crippen molar-refractivity contribution < 1.29 is 18.0 Å². The van der Waals surface area contributed by atoms with E-state index in [9.17, 15) is 18.0 Å². The average Bonchev–Trinajstić information content (AvgIpc) is 2.75.